The van der Waals surface area contributed by atoms with Crippen molar-refractivity contribution >= 4 is 23.8 Å². The second-order valence-corrected chi connectivity index (χ2v) is 13.9. The summed E-state index contributed by atoms with van der Waals surface area (Å²) in [7, 11) is 0. The number of hydrogen-bond donors (Lipinski definition) is 1. The maximum atomic E-state index is 13.2. The summed E-state index contributed by atoms with van der Waals surface area (Å²) >= 11 is 0. The molecule has 0 unspecified atom stereocenters. The van der Waals surface area contributed by atoms with Crippen LogP contribution in [0.4, 0.5) is 0 Å². The number of amides is 1. The van der Waals surface area contributed by atoms with Gasteiger partial charge in [0.2, 0.25) is 5.76 Å². The number of esters is 3. The van der Waals surface area contributed by atoms with Crippen molar-refractivity contribution in [3.8, 4) is 11.3 Å². The monoisotopic (exact) mass is 667 g/mol. The normalized spacial score (nSPS) is 17.0. The van der Waals surface area contributed by atoms with E-state index in [1.807, 2.05) is 19.1 Å². The zero-order chi connectivity index (χ0) is 34.6. The van der Waals surface area contributed by atoms with Crippen LogP contribution in [0, 0.1) is 17.8 Å². The zero-order valence-corrected chi connectivity index (χ0v) is 29.1. The highest BCUT2D eigenvalue weighted by molar-refractivity contribution is 5.97. The number of ether oxygens (including phenoxy) is 3. The summed E-state index contributed by atoms with van der Waals surface area (Å²) < 4.78 is 21.9. The molecule has 1 saturated carbocycles. The molecule has 0 spiro atoms. The van der Waals surface area contributed by atoms with Crippen LogP contribution in [0.25, 0.3) is 11.3 Å². The first-order valence-electron chi connectivity index (χ1n) is 17.4. The molecule has 2 aromatic heterocycles. The fourth-order valence-electron chi connectivity index (χ4n) is 7.09. The molecule has 2 aromatic rings. The zero-order valence-electron chi connectivity index (χ0n) is 29.1. The number of carbonyl (C=O) groups is 4. The summed E-state index contributed by atoms with van der Waals surface area (Å²) in [5.41, 5.74) is 1.95. The average molecular weight is 668 g/mol. The topological polar surface area (TPSA) is 137 Å². The number of aryl methyl sites for hydroxylation is 1. The highest BCUT2D eigenvalue weighted by atomic mass is 16.6. The van der Waals surface area contributed by atoms with Crippen LogP contribution in [-0.2, 0) is 28.6 Å². The van der Waals surface area contributed by atoms with Gasteiger partial charge in [-0.1, -0.05) is 25.3 Å². The smallest absolute Gasteiger partial charge is 0.302 e. The van der Waals surface area contributed by atoms with Crippen LogP contribution in [0.15, 0.2) is 35.1 Å². The summed E-state index contributed by atoms with van der Waals surface area (Å²) in [6, 6.07) is 5.73. The van der Waals surface area contributed by atoms with Gasteiger partial charge in [0.1, 0.15) is 13.2 Å². The molecular weight excluding hydrogens is 614 g/mol. The summed E-state index contributed by atoms with van der Waals surface area (Å²) in [5, 5.41) is 3.19. The van der Waals surface area contributed by atoms with Crippen LogP contribution in [0.2, 0.25) is 0 Å². The molecule has 0 atom stereocenters. The summed E-state index contributed by atoms with van der Waals surface area (Å²) in [4.78, 5) is 55.3. The van der Waals surface area contributed by atoms with Crippen molar-refractivity contribution in [2.75, 3.05) is 39.5 Å². The molecular formula is C37H53N3O8. The van der Waals surface area contributed by atoms with Crippen LogP contribution < -0.4 is 5.32 Å². The van der Waals surface area contributed by atoms with Gasteiger partial charge in [-0.3, -0.25) is 24.2 Å². The minimum absolute atomic E-state index is 0.0710. The Bertz CT molecular complexity index is 1340. The van der Waals surface area contributed by atoms with Gasteiger partial charge in [-0.15, -0.1) is 0 Å². The molecule has 3 heterocycles. The van der Waals surface area contributed by atoms with Gasteiger partial charge in [0.15, 0.2) is 0 Å². The van der Waals surface area contributed by atoms with Gasteiger partial charge < -0.3 is 28.8 Å². The Morgan fingerprint density at radius 2 is 1.58 bits per heavy atom. The molecule has 0 radical (unpaired) electrons. The maximum Gasteiger partial charge on any atom is 0.302 e. The number of piperidine rings is 1. The molecule has 1 N–H and O–H groups in total. The predicted molar refractivity (Wildman–Crippen MR) is 180 cm³/mol. The third-order valence-electron chi connectivity index (χ3n) is 10.1. The van der Waals surface area contributed by atoms with Crippen LogP contribution in [-0.4, -0.2) is 79.2 Å². The second-order valence-electron chi connectivity index (χ2n) is 13.9. The van der Waals surface area contributed by atoms with E-state index in [-0.39, 0.29) is 43.2 Å². The predicted octanol–water partition coefficient (Wildman–Crippen LogP) is 6.03. The molecule has 1 saturated heterocycles. The summed E-state index contributed by atoms with van der Waals surface area (Å²) in [5.74, 6) is -1.08. The van der Waals surface area contributed by atoms with Crippen molar-refractivity contribution in [3.63, 3.8) is 0 Å². The van der Waals surface area contributed by atoms with E-state index in [9.17, 15) is 19.2 Å². The van der Waals surface area contributed by atoms with Crippen LogP contribution >= 0.6 is 0 Å². The molecule has 11 nitrogen and oxygen atoms in total. The number of pyridine rings is 1. The highest BCUT2D eigenvalue weighted by Crippen LogP contribution is 2.46. The van der Waals surface area contributed by atoms with Gasteiger partial charge in [-0.25, -0.2) is 0 Å². The van der Waals surface area contributed by atoms with Crippen LogP contribution in [0.3, 0.4) is 0 Å². The SMILES string of the molecule is CC(=O)OCCC(CCC1(CCN2CCC(NC(=O)c3occc3-c3ccc(C)cn3)CC2)CCCCC1)(COC(C)=O)COC(C)=O. The van der Waals surface area contributed by atoms with E-state index in [0.717, 1.165) is 63.7 Å². The number of nitrogens with zero attached hydrogens (tertiary/aromatic N) is 2. The first kappa shape index (κ1) is 37.1. The lowest BCUT2D eigenvalue weighted by Crippen LogP contribution is -2.45. The molecule has 48 heavy (non-hydrogen) atoms. The van der Waals surface area contributed by atoms with Crippen molar-refractivity contribution < 1.29 is 37.8 Å². The van der Waals surface area contributed by atoms with Gasteiger partial charge in [0.25, 0.3) is 5.91 Å². The standard InChI is InChI=1S/C37H53N3O8/c1-27-8-9-33(38-24-27)32-12-22-46-34(32)35(44)39-31-10-19-40(20-11-31)21-17-36(13-6-5-7-14-36)15-16-37(25-47-29(3)42,26-48-30(4)43)18-23-45-28(2)41/h8-9,12,22,24,31H,5-7,10-11,13-21,23,25-26H2,1-4H3,(H,39,44). The van der Waals surface area contributed by atoms with Gasteiger partial charge in [-0.05, 0) is 87.9 Å². The number of aromatic nitrogens is 1. The summed E-state index contributed by atoms with van der Waals surface area (Å²) in [6.45, 7) is 9.23. The van der Waals surface area contributed by atoms with Crippen molar-refractivity contribution in [2.45, 2.75) is 104 Å². The third-order valence-corrected chi connectivity index (χ3v) is 10.1. The molecule has 11 heteroatoms. The first-order valence-corrected chi connectivity index (χ1v) is 17.4. The van der Waals surface area contributed by atoms with Crippen LogP contribution in [0.5, 0.6) is 0 Å². The van der Waals surface area contributed by atoms with Crippen LogP contribution in [0.1, 0.15) is 108 Å². The Balaban J connectivity index is 1.34. The number of hydrogen-bond acceptors (Lipinski definition) is 10. The fourth-order valence-corrected chi connectivity index (χ4v) is 7.09. The Kier molecular flexibility index (Phi) is 13.6. The van der Waals surface area contributed by atoms with E-state index in [0.29, 0.717) is 29.9 Å². The third kappa shape index (κ3) is 11.2. The molecule has 2 aliphatic rings. The molecule has 1 aliphatic carbocycles. The van der Waals surface area contributed by atoms with Crippen molar-refractivity contribution in [3.05, 3.63) is 42.0 Å². The lowest BCUT2D eigenvalue weighted by Gasteiger charge is -2.43. The van der Waals surface area contributed by atoms with Gasteiger partial charge in [0.05, 0.1) is 24.1 Å². The molecule has 2 fully saturated rings. The van der Waals surface area contributed by atoms with Crippen molar-refractivity contribution in [2.24, 2.45) is 10.8 Å². The van der Waals surface area contributed by atoms with Gasteiger partial charge in [-0.2, -0.15) is 0 Å². The van der Waals surface area contributed by atoms with E-state index in [1.165, 1.54) is 46.3 Å². The van der Waals surface area contributed by atoms with Crippen molar-refractivity contribution in [1.82, 2.24) is 15.2 Å². The minimum Gasteiger partial charge on any atom is -0.466 e. The van der Waals surface area contributed by atoms with Crippen molar-refractivity contribution in [1.29, 1.82) is 0 Å². The van der Waals surface area contributed by atoms with E-state index in [4.69, 9.17) is 18.6 Å². The second kappa shape index (κ2) is 17.6. The Hall–Kier alpha value is -3.73. The fraction of sp³-hybridized carbons (Fsp3) is 0.649. The number of rotatable bonds is 16. The Morgan fingerprint density at radius 1 is 0.917 bits per heavy atom. The number of nitrogens with one attached hydrogen (secondary N) is 1. The lowest BCUT2D eigenvalue weighted by molar-refractivity contribution is -0.156. The Labute approximate surface area is 284 Å². The molecule has 0 aromatic carbocycles. The van der Waals surface area contributed by atoms with E-state index in [1.54, 1.807) is 12.3 Å². The Morgan fingerprint density at radius 3 is 2.19 bits per heavy atom. The first-order chi connectivity index (χ1) is 23.0. The highest BCUT2D eigenvalue weighted by Gasteiger charge is 2.39. The molecule has 1 aliphatic heterocycles. The largest absolute Gasteiger partial charge is 0.466 e. The van der Waals surface area contributed by atoms with Gasteiger partial charge >= 0.3 is 17.9 Å². The molecule has 4 rings (SSSR count). The summed E-state index contributed by atoms with van der Waals surface area (Å²) in [6.07, 6.45) is 13.9. The molecule has 264 valence electrons. The molecule has 0 bridgehead atoms. The minimum atomic E-state index is -0.642. The van der Waals surface area contributed by atoms with Gasteiger partial charge in [0, 0.05) is 51.5 Å². The number of furan rings is 1. The maximum absolute atomic E-state index is 13.2. The van der Waals surface area contributed by atoms with E-state index >= 15 is 0 Å². The van der Waals surface area contributed by atoms with E-state index < -0.39 is 17.4 Å². The number of carbonyl (C=O) groups excluding carboxylic acids is 4. The molecule has 1 amide bonds. The lowest BCUT2D eigenvalue weighted by atomic mass is 9.66. The number of likely N-dealkylation sites (tertiary alicyclic amines) is 1. The quantitative estimate of drug-likeness (QED) is 0.167. The van der Waals surface area contributed by atoms with E-state index in [2.05, 4.69) is 15.2 Å². The average Bonchev–Trinajstić information content (AvgIpc) is 3.56.